The number of hydrogen-bond donors (Lipinski definition) is 1. The summed E-state index contributed by atoms with van der Waals surface area (Å²) < 4.78 is 5.08. The fourth-order valence-electron chi connectivity index (χ4n) is 2.02. The molecule has 0 saturated carbocycles. The first-order chi connectivity index (χ1) is 10.2. The summed E-state index contributed by atoms with van der Waals surface area (Å²) in [5, 5.41) is 6.83. The molecule has 1 aromatic carbocycles. The molecule has 0 aliphatic carbocycles. The van der Waals surface area contributed by atoms with E-state index in [0.29, 0.717) is 24.3 Å². The molecular weight excluding hydrogens is 284 g/mol. The number of rotatable bonds is 7. The van der Waals surface area contributed by atoms with Crippen LogP contribution in [0.25, 0.3) is 0 Å². The minimum atomic E-state index is -0.0877. The SMILES string of the molecule is CCc1noc(C)c1C(=O)NCCCSc1ccccc1. The van der Waals surface area contributed by atoms with Gasteiger partial charge in [-0.2, -0.15) is 0 Å². The molecule has 0 saturated heterocycles. The highest BCUT2D eigenvalue weighted by Crippen LogP contribution is 2.17. The van der Waals surface area contributed by atoms with Gasteiger partial charge in [-0.05, 0) is 37.7 Å². The molecule has 21 heavy (non-hydrogen) atoms. The van der Waals surface area contributed by atoms with Gasteiger partial charge in [0.05, 0.1) is 5.69 Å². The van der Waals surface area contributed by atoms with Gasteiger partial charge in [0.25, 0.3) is 5.91 Å². The Morgan fingerprint density at radius 3 is 2.81 bits per heavy atom. The van der Waals surface area contributed by atoms with Gasteiger partial charge in [0.2, 0.25) is 0 Å². The quantitative estimate of drug-likeness (QED) is 0.629. The van der Waals surface area contributed by atoms with Crippen LogP contribution in [0.15, 0.2) is 39.8 Å². The van der Waals surface area contributed by atoms with E-state index in [1.807, 2.05) is 25.1 Å². The van der Waals surface area contributed by atoms with E-state index in [0.717, 1.165) is 17.9 Å². The molecule has 1 N–H and O–H groups in total. The van der Waals surface area contributed by atoms with Crippen LogP contribution in [0.1, 0.15) is 35.2 Å². The molecule has 2 rings (SSSR count). The third-order valence-electron chi connectivity index (χ3n) is 3.11. The molecule has 1 amide bonds. The fraction of sp³-hybridized carbons (Fsp3) is 0.375. The van der Waals surface area contributed by atoms with Gasteiger partial charge < -0.3 is 9.84 Å². The topological polar surface area (TPSA) is 55.1 Å². The summed E-state index contributed by atoms with van der Waals surface area (Å²) in [6.07, 6.45) is 1.63. The number of thioether (sulfide) groups is 1. The highest BCUT2D eigenvalue weighted by atomic mass is 32.2. The molecule has 0 aliphatic heterocycles. The number of amides is 1. The highest BCUT2D eigenvalue weighted by molar-refractivity contribution is 7.99. The van der Waals surface area contributed by atoms with E-state index in [2.05, 4.69) is 22.6 Å². The molecule has 0 aliphatic rings. The lowest BCUT2D eigenvalue weighted by Crippen LogP contribution is -2.26. The van der Waals surface area contributed by atoms with Crippen molar-refractivity contribution < 1.29 is 9.32 Å². The predicted octanol–water partition coefficient (Wildman–Crippen LogP) is 3.46. The lowest BCUT2D eigenvalue weighted by Gasteiger charge is -2.05. The summed E-state index contributed by atoms with van der Waals surface area (Å²) in [5.74, 6) is 1.48. The van der Waals surface area contributed by atoms with Crippen molar-refractivity contribution in [3.05, 3.63) is 47.3 Å². The van der Waals surface area contributed by atoms with Crippen molar-refractivity contribution in [1.82, 2.24) is 10.5 Å². The molecule has 0 bridgehead atoms. The fourth-order valence-corrected chi connectivity index (χ4v) is 2.89. The van der Waals surface area contributed by atoms with Crippen LogP contribution in [0.3, 0.4) is 0 Å². The van der Waals surface area contributed by atoms with Crippen molar-refractivity contribution >= 4 is 17.7 Å². The lowest BCUT2D eigenvalue weighted by atomic mass is 10.1. The molecule has 0 unspecified atom stereocenters. The second kappa shape index (κ2) is 7.88. The second-order valence-corrected chi connectivity index (χ2v) is 5.85. The van der Waals surface area contributed by atoms with Gasteiger partial charge in [-0.15, -0.1) is 11.8 Å². The molecule has 1 aromatic heterocycles. The smallest absolute Gasteiger partial charge is 0.256 e. The van der Waals surface area contributed by atoms with Crippen LogP contribution in [0, 0.1) is 6.92 Å². The number of aromatic nitrogens is 1. The van der Waals surface area contributed by atoms with Gasteiger partial charge in [-0.1, -0.05) is 30.3 Å². The van der Waals surface area contributed by atoms with E-state index >= 15 is 0 Å². The molecular formula is C16H20N2O2S. The number of nitrogens with zero attached hydrogens (tertiary/aromatic N) is 1. The monoisotopic (exact) mass is 304 g/mol. The van der Waals surface area contributed by atoms with E-state index in [1.54, 1.807) is 18.7 Å². The second-order valence-electron chi connectivity index (χ2n) is 4.68. The molecule has 0 atom stereocenters. The van der Waals surface area contributed by atoms with Crippen LogP contribution in [0.4, 0.5) is 0 Å². The average Bonchev–Trinajstić information content (AvgIpc) is 2.88. The zero-order valence-corrected chi connectivity index (χ0v) is 13.2. The summed E-state index contributed by atoms with van der Waals surface area (Å²) in [5.41, 5.74) is 1.32. The molecule has 112 valence electrons. The van der Waals surface area contributed by atoms with Crippen molar-refractivity contribution in [3.8, 4) is 0 Å². The zero-order chi connectivity index (χ0) is 15.1. The highest BCUT2D eigenvalue weighted by Gasteiger charge is 2.18. The van der Waals surface area contributed by atoms with Gasteiger partial charge in [0.15, 0.2) is 0 Å². The van der Waals surface area contributed by atoms with E-state index in [4.69, 9.17) is 4.52 Å². The summed E-state index contributed by atoms with van der Waals surface area (Å²) >= 11 is 1.80. The summed E-state index contributed by atoms with van der Waals surface area (Å²) in [6.45, 7) is 4.39. The number of carbonyl (C=O) groups is 1. The lowest BCUT2D eigenvalue weighted by molar-refractivity contribution is 0.0951. The van der Waals surface area contributed by atoms with Gasteiger partial charge in [0.1, 0.15) is 11.3 Å². The van der Waals surface area contributed by atoms with Gasteiger partial charge in [-0.3, -0.25) is 4.79 Å². The maximum absolute atomic E-state index is 12.1. The molecule has 4 nitrogen and oxygen atoms in total. The number of hydrogen-bond acceptors (Lipinski definition) is 4. The minimum absolute atomic E-state index is 0.0877. The van der Waals surface area contributed by atoms with Gasteiger partial charge >= 0.3 is 0 Å². The third-order valence-corrected chi connectivity index (χ3v) is 4.21. The Labute approximate surface area is 129 Å². The number of aryl methyl sites for hydroxylation is 2. The Morgan fingerprint density at radius 2 is 2.10 bits per heavy atom. The Balaban J connectivity index is 1.73. The first kappa shape index (κ1) is 15.6. The molecule has 0 fully saturated rings. The maximum Gasteiger partial charge on any atom is 0.256 e. The van der Waals surface area contributed by atoms with Crippen LogP contribution in [-0.4, -0.2) is 23.4 Å². The van der Waals surface area contributed by atoms with Crippen molar-refractivity contribution in [2.45, 2.75) is 31.6 Å². The standard InChI is InChI=1S/C16H20N2O2S/c1-3-14-15(12(2)20-18-14)16(19)17-10-7-11-21-13-8-5-4-6-9-13/h4-6,8-9H,3,7,10-11H2,1-2H3,(H,17,19). The first-order valence-electron chi connectivity index (χ1n) is 7.13. The van der Waals surface area contributed by atoms with Crippen LogP contribution >= 0.6 is 11.8 Å². The first-order valence-corrected chi connectivity index (χ1v) is 8.12. The van der Waals surface area contributed by atoms with E-state index in [9.17, 15) is 4.79 Å². The van der Waals surface area contributed by atoms with Crippen LogP contribution < -0.4 is 5.32 Å². The number of nitrogens with one attached hydrogen (secondary N) is 1. The Hall–Kier alpha value is -1.75. The van der Waals surface area contributed by atoms with E-state index in [1.165, 1.54) is 4.90 Å². The predicted molar refractivity (Wildman–Crippen MR) is 84.7 cm³/mol. The number of carbonyl (C=O) groups excluding carboxylic acids is 1. The Kier molecular flexibility index (Phi) is 5.87. The summed E-state index contributed by atoms with van der Waals surface area (Å²) in [4.78, 5) is 13.4. The van der Waals surface area contributed by atoms with E-state index in [-0.39, 0.29) is 5.91 Å². The zero-order valence-electron chi connectivity index (χ0n) is 12.4. The van der Waals surface area contributed by atoms with Crippen molar-refractivity contribution in [2.24, 2.45) is 0 Å². The van der Waals surface area contributed by atoms with Gasteiger partial charge in [0, 0.05) is 11.4 Å². The molecule has 5 heteroatoms. The largest absolute Gasteiger partial charge is 0.361 e. The Morgan fingerprint density at radius 1 is 1.33 bits per heavy atom. The molecule has 0 spiro atoms. The van der Waals surface area contributed by atoms with Crippen LogP contribution in [0.2, 0.25) is 0 Å². The third kappa shape index (κ3) is 4.36. The van der Waals surface area contributed by atoms with Crippen LogP contribution in [-0.2, 0) is 6.42 Å². The van der Waals surface area contributed by atoms with Gasteiger partial charge in [-0.25, -0.2) is 0 Å². The Bertz CT molecular complexity index is 581. The molecule has 2 aromatic rings. The summed E-state index contributed by atoms with van der Waals surface area (Å²) in [7, 11) is 0. The van der Waals surface area contributed by atoms with Crippen molar-refractivity contribution in [3.63, 3.8) is 0 Å². The van der Waals surface area contributed by atoms with E-state index < -0.39 is 0 Å². The molecule has 1 heterocycles. The number of benzene rings is 1. The maximum atomic E-state index is 12.1. The summed E-state index contributed by atoms with van der Waals surface area (Å²) in [6, 6.07) is 10.3. The molecule has 0 radical (unpaired) electrons. The normalized spacial score (nSPS) is 10.6. The van der Waals surface area contributed by atoms with Crippen LogP contribution in [0.5, 0.6) is 0 Å². The van der Waals surface area contributed by atoms with Crippen molar-refractivity contribution in [2.75, 3.05) is 12.3 Å². The van der Waals surface area contributed by atoms with Crippen molar-refractivity contribution in [1.29, 1.82) is 0 Å². The minimum Gasteiger partial charge on any atom is -0.361 e. The average molecular weight is 304 g/mol.